The number of hydrogen-bond acceptors (Lipinski definition) is 4. The van der Waals surface area contributed by atoms with Gasteiger partial charge in [-0.25, -0.2) is 9.07 Å². The Morgan fingerprint density at radius 1 is 1.64 bits per heavy atom. The Hall–Kier alpha value is -1.89. The van der Waals surface area contributed by atoms with Gasteiger partial charge in [-0.05, 0) is 38.8 Å². The SMILES string of the molecule is C=N/C=C(F)\C=C(/C)n1cc(N(C)C(=O)CC(C)SC)c(C2CC2)n1. The molecule has 0 aliphatic heterocycles. The van der Waals surface area contributed by atoms with Crippen LogP contribution < -0.4 is 4.90 Å². The molecule has 1 aromatic heterocycles. The lowest BCUT2D eigenvalue weighted by molar-refractivity contribution is -0.118. The van der Waals surface area contributed by atoms with E-state index in [-0.39, 0.29) is 11.2 Å². The standard InChI is InChI=1S/C18H25FN4OS/c1-12(8-15(19)10-20-3)23-11-16(18(21-23)14-6-7-14)22(4)17(24)9-13(2)25-5/h8,10-11,13-14H,3,6-7,9H2,1-2,4-5H3/b12-8+,15-10+. The van der Waals surface area contributed by atoms with E-state index < -0.39 is 5.83 Å². The molecular formula is C18H25FN4OS. The first-order valence-electron chi connectivity index (χ1n) is 8.26. The molecule has 2 rings (SSSR count). The maximum absolute atomic E-state index is 13.6. The molecule has 7 heteroatoms. The van der Waals surface area contributed by atoms with Gasteiger partial charge in [0, 0.05) is 30.3 Å². The van der Waals surface area contributed by atoms with E-state index in [2.05, 4.69) is 16.8 Å². The van der Waals surface area contributed by atoms with E-state index in [0.29, 0.717) is 18.0 Å². The highest BCUT2D eigenvalue weighted by Crippen LogP contribution is 2.43. The summed E-state index contributed by atoms with van der Waals surface area (Å²) in [4.78, 5) is 17.6. The van der Waals surface area contributed by atoms with Crippen molar-refractivity contribution in [2.24, 2.45) is 4.99 Å². The molecule has 5 nitrogen and oxygen atoms in total. The lowest BCUT2D eigenvalue weighted by atomic mass is 10.2. The number of amides is 1. The van der Waals surface area contributed by atoms with Crippen LogP contribution in [0.3, 0.4) is 0 Å². The molecule has 136 valence electrons. The molecular weight excluding hydrogens is 339 g/mol. The minimum Gasteiger partial charge on any atom is -0.312 e. The van der Waals surface area contributed by atoms with Crippen LogP contribution in [0.5, 0.6) is 0 Å². The van der Waals surface area contributed by atoms with Gasteiger partial charge in [0.05, 0.1) is 23.8 Å². The molecule has 0 aromatic carbocycles. The first kappa shape index (κ1) is 19.4. The lowest BCUT2D eigenvalue weighted by Crippen LogP contribution is -2.28. The van der Waals surface area contributed by atoms with Gasteiger partial charge in [0.2, 0.25) is 5.91 Å². The highest BCUT2D eigenvalue weighted by molar-refractivity contribution is 7.99. The summed E-state index contributed by atoms with van der Waals surface area (Å²) < 4.78 is 15.3. The minimum atomic E-state index is -0.490. The summed E-state index contributed by atoms with van der Waals surface area (Å²) in [6, 6.07) is 0. The van der Waals surface area contributed by atoms with Crippen LogP contribution >= 0.6 is 11.8 Å². The molecule has 0 radical (unpaired) electrons. The number of carbonyl (C=O) groups is 1. The topological polar surface area (TPSA) is 50.5 Å². The number of rotatable bonds is 8. The highest BCUT2D eigenvalue weighted by Gasteiger charge is 2.32. The predicted molar refractivity (Wildman–Crippen MR) is 104 cm³/mol. The molecule has 1 aromatic rings. The largest absolute Gasteiger partial charge is 0.312 e. The van der Waals surface area contributed by atoms with Crippen LogP contribution in [0, 0.1) is 0 Å². The van der Waals surface area contributed by atoms with Gasteiger partial charge in [-0.15, -0.1) is 0 Å². The van der Waals surface area contributed by atoms with Crippen molar-refractivity contribution in [1.29, 1.82) is 0 Å². The van der Waals surface area contributed by atoms with Crippen molar-refractivity contribution in [2.75, 3.05) is 18.2 Å². The second-order valence-corrected chi connectivity index (χ2v) is 7.58. The normalized spacial score (nSPS) is 16.7. The van der Waals surface area contributed by atoms with Crippen LogP contribution in [0.15, 0.2) is 29.3 Å². The van der Waals surface area contributed by atoms with E-state index in [1.165, 1.54) is 6.08 Å². The summed E-state index contributed by atoms with van der Waals surface area (Å²) >= 11 is 1.67. The molecule has 1 atom stereocenters. The van der Waals surface area contributed by atoms with E-state index in [1.54, 1.807) is 41.5 Å². The Labute approximate surface area is 152 Å². The number of nitrogens with zero attached hydrogens (tertiary/aromatic N) is 4. The third-order valence-electron chi connectivity index (χ3n) is 4.21. The fourth-order valence-corrected chi connectivity index (χ4v) is 2.76. The van der Waals surface area contributed by atoms with Gasteiger partial charge in [-0.1, -0.05) is 6.92 Å². The smallest absolute Gasteiger partial charge is 0.227 e. The zero-order chi connectivity index (χ0) is 18.6. The molecule has 0 bridgehead atoms. The minimum absolute atomic E-state index is 0.0619. The van der Waals surface area contributed by atoms with E-state index >= 15 is 0 Å². The van der Waals surface area contributed by atoms with Gasteiger partial charge in [-0.3, -0.25) is 9.79 Å². The zero-order valence-electron chi connectivity index (χ0n) is 15.2. The second-order valence-electron chi connectivity index (χ2n) is 6.30. The molecule has 0 N–H and O–H groups in total. The van der Waals surface area contributed by atoms with Crippen molar-refractivity contribution in [3.63, 3.8) is 0 Å². The van der Waals surface area contributed by atoms with E-state index in [0.717, 1.165) is 30.4 Å². The molecule has 1 unspecified atom stereocenters. The Bertz CT molecular complexity index is 706. The summed E-state index contributed by atoms with van der Waals surface area (Å²) in [5.74, 6) is -0.0462. The molecule has 1 fully saturated rings. The third kappa shape index (κ3) is 5.04. The number of halogens is 1. The quantitative estimate of drug-likeness (QED) is 0.512. The number of aliphatic imine (C=N–C) groups is 1. The van der Waals surface area contributed by atoms with Gasteiger partial charge < -0.3 is 4.90 Å². The van der Waals surface area contributed by atoms with Crippen LogP contribution in [0.2, 0.25) is 0 Å². The monoisotopic (exact) mass is 364 g/mol. The van der Waals surface area contributed by atoms with Crippen LogP contribution in [0.25, 0.3) is 5.70 Å². The molecule has 1 aliphatic rings. The summed E-state index contributed by atoms with van der Waals surface area (Å²) in [5.41, 5.74) is 2.33. The van der Waals surface area contributed by atoms with E-state index in [1.807, 2.05) is 13.2 Å². The zero-order valence-corrected chi connectivity index (χ0v) is 16.0. The summed E-state index contributed by atoms with van der Waals surface area (Å²) in [5, 5.41) is 4.86. The second kappa shape index (κ2) is 8.47. The Morgan fingerprint density at radius 2 is 2.32 bits per heavy atom. The van der Waals surface area contributed by atoms with Crippen LogP contribution in [0.1, 0.15) is 44.7 Å². The third-order valence-corrected chi connectivity index (χ3v) is 5.18. The number of hydrogen-bond donors (Lipinski definition) is 0. The first-order chi connectivity index (χ1) is 11.9. The van der Waals surface area contributed by atoms with Crippen molar-refractivity contribution in [3.8, 4) is 0 Å². The maximum Gasteiger partial charge on any atom is 0.227 e. The molecule has 1 saturated carbocycles. The number of carbonyl (C=O) groups excluding carboxylic acids is 1. The lowest BCUT2D eigenvalue weighted by Gasteiger charge is -2.18. The fourth-order valence-electron chi connectivity index (χ4n) is 2.46. The van der Waals surface area contributed by atoms with Gasteiger partial charge in [-0.2, -0.15) is 16.9 Å². The van der Waals surface area contributed by atoms with Crippen LogP contribution in [0.4, 0.5) is 10.1 Å². The number of allylic oxidation sites excluding steroid dienone is 3. The Kier molecular flexibility index (Phi) is 6.58. The number of thioether (sulfide) groups is 1. The molecule has 1 heterocycles. The van der Waals surface area contributed by atoms with Gasteiger partial charge in [0.25, 0.3) is 0 Å². The fraction of sp³-hybridized carbons (Fsp3) is 0.500. The predicted octanol–water partition coefficient (Wildman–Crippen LogP) is 4.24. The van der Waals surface area contributed by atoms with Crippen LogP contribution in [-0.2, 0) is 4.79 Å². The average molecular weight is 364 g/mol. The van der Waals surface area contributed by atoms with Gasteiger partial charge in [0.1, 0.15) is 5.83 Å². The van der Waals surface area contributed by atoms with Crippen molar-refractivity contribution >= 4 is 35.8 Å². The summed E-state index contributed by atoms with van der Waals surface area (Å²) in [6.45, 7) is 7.04. The molecule has 1 aliphatic carbocycles. The Balaban J connectivity index is 2.29. The number of aromatic nitrogens is 2. The van der Waals surface area contributed by atoms with Crippen molar-refractivity contribution < 1.29 is 9.18 Å². The van der Waals surface area contributed by atoms with Crippen molar-refractivity contribution in [3.05, 3.63) is 30.0 Å². The van der Waals surface area contributed by atoms with E-state index in [4.69, 9.17) is 0 Å². The average Bonchev–Trinajstić information content (AvgIpc) is 3.32. The molecule has 1 amide bonds. The maximum atomic E-state index is 13.6. The van der Waals surface area contributed by atoms with Crippen molar-refractivity contribution in [2.45, 2.75) is 44.3 Å². The molecule has 0 saturated heterocycles. The van der Waals surface area contributed by atoms with Gasteiger partial charge in [0.15, 0.2) is 0 Å². The molecule has 0 spiro atoms. The number of anilines is 1. The summed E-state index contributed by atoms with van der Waals surface area (Å²) in [7, 11) is 1.78. The van der Waals surface area contributed by atoms with E-state index in [9.17, 15) is 9.18 Å². The van der Waals surface area contributed by atoms with Crippen LogP contribution in [-0.4, -0.2) is 41.0 Å². The first-order valence-corrected chi connectivity index (χ1v) is 9.55. The molecule has 25 heavy (non-hydrogen) atoms. The van der Waals surface area contributed by atoms with Gasteiger partial charge >= 0.3 is 0 Å². The van der Waals surface area contributed by atoms with Crippen molar-refractivity contribution in [1.82, 2.24) is 9.78 Å². The summed E-state index contributed by atoms with van der Waals surface area (Å²) in [6.07, 6.45) is 8.82. The Morgan fingerprint density at radius 3 is 2.88 bits per heavy atom. The highest BCUT2D eigenvalue weighted by atomic mass is 32.2.